The molecule has 1 nitrogen and oxygen atoms in total. The van der Waals surface area contributed by atoms with Crippen LogP contribution in [0, 0.1) is 0 Å². The highest BCUT2D eigenvalue weighted by molar-refractivity contribution is 5.13. The van der Waals surface area contributed by atoms with Gasteiger partial charge < -0.3 is 5.73 Å². The second kappa shape index (κ2) is 4.10. The molecule has 0 aliphatic heterocycles. The molecule has 0 saturated carbocycles. The van der Waals surface area contributed by atoms with E-state index in [4.69, 9.17) is 5.73 Å². The molecule has 0 atom stereocenters. The van der Waals surface area contributed by atoms with Crippen molar-refractivity contribution in [2.45, 2.75) is 14.0 Å². The van der Waals surface area contributed by atoms with Crippen molar-refractivity contribution in [2.24, 2.45) is 5.73 Å². The summed E-state index contributed by atoms with van der Waals surface area (Å²) in [6.45, 7) is 0.640. The second-order valence-electron chi connectivity index (χ2n) is 1.69. The predicted molar refractivity (Wildman–Crippen MR) is 41.1 cm³/mol. The fraction of sp³-hybridized carbons (Fsp3) is 0.250. The smallest absolute Gasteiger partial charge is 0.0178 e. The van der Waals surface area contributed by atoms with Gasteiger partial charge in [0.25, 0.3) is 0 Å². The van der Waals surface area contributed by atoms with E-state index in [9.17, 15) is 0 Å². The molecule has 1 heteroatoms. The van der Waals surface area contributed by atoms with Crippen LogP contribution in [-0.4, -0.2) is 0 Å². The predicted octanol–water partition coefficient (Wildman–Crippen LogP) is 1.78. The van der Waals surface area contributed by atoms with Crippen molar-refractivity contribution >= 4 is 0 Å². The van der Waals surface area contributed by atoms with Crippen LogP contribution in [0.5, 0.6) is 0 Å². The van der Waals surface area contributed by atoms with E-state index in [2.05, 4.69) is 0 Å². The summed E-state index contributed by atoms with van der Waals surface area (Å²) < 4.78 is 0. The van der Waals surface area contributed by atoms with E-state index in [-0.39, 0.29) is 7.43 Å². The third kappa shape index (κ3) is 2.29. The Morgan fingerprint density at radius 3 is 2.00 bits per heavy atom. The van der Waals surface area contributed by atoms with E-state index in [1.807, 2.05) is 30.3 Å². The normalized spacial score (nSPS) is 8.11. The first kappa shape index (κ1) is 8.18. The van der Waals surface area contributed by atoms with Crippen molar-refractivity contribution < 1.29 is 0 Å². The number of hydrogen-bond acceptors (Lipinski definition) is 1. The molecule has 0 bridgehead atoms. The molecule has 0 unspecified atom stereocenters. The maximum absolute atomic E-state index is 5.35. The topological polar surface area (TPSA) is 26.0 Å². The Hall–Kier alpha value is -0.820. The van der Waals surface area contributed by atoms with Crippen molar-refractivity contribution in [1.82, 2.24) is 0 Å². The molecule has 0 saturated heterocycles. The average molecular weight is 123 g/mol. The van der Waals surface area contributed by atoms with E-state index >= 15 is 0 Å². The highest BCUT2D eigenvalue weighted by Crippen LogP contribution is 1.94. The van der Waals surface area contributed by atoms with E-state index in [1.165, 1.54) is 5.56 Å². The lowest BCUT2D eigenvalue weighted by atomic mass is 10.2. The van der Waals surface area contributed by atoms with Gasteiger partial charge in [-0.3, -0.25) is 0 Å². The molecule has 2 N–H and O–H groups in total. The molecule has 1 rings (SSSR count). The maximum atomic E-state index is 5.35. The van der Waals surface area contributed by atoms with Gasteiger partial charge >= 0.3 is 0 Å². The van der Waals surface area contributed by atoms with Gasteiger partial charge in [-0.15, -0.1) is 0 Å². The van der Waals surface area contributed by atoms with Crippen LogP contribution >= 0.6 is 0 Å². The van der Waals surface area contributed by atoms with Gasteiger partial charge in [-0.1, -0.05) is 37.8 Å². The van der Waals surface area contributed by atoms with Gasteiger partial charge in [0.1, 0.15) is 0 Å². The summed E-state index contributed by atoms with van der Waals surface area (Å²) in [5, 5.41) is 0. The summed E-state index contributed by atoms with van der Waals surface area (Å²) in [4.78, 5) is 0. The Bertz CT molecular complexity index is 146. The van der Waals surface area contributed by atoms with Gasteiger partial charge in [-0.25, -0.2) is 0 Å². The van der Waals surface area contributed by atoms with Gasteiger partial charge in [0.15, 0.2) is 0 Å². The summed E-state index contributed by atoms with van der Waals surface area (Å²) in [6, 6.07) is 9.99. The van der Waals surface area contributed by atoms with Crippen LogP contribution in [0.4, 0.5) is 0 Å². The molecule has 0 heterocycles. The van der Waals surface area contributed by atoms with Crippen molar-refractivity contribution in [3.8, 4) is 0 Å². The Balaban J connectivity index is 0.000000640. The Labute approximate surface area is 56.5 Å². The summed E-state index contributed by atoms with van der Waals surface area (Å²) in [5.74, 6) is 0. The first-order valence-electron chi connectivity index (χ1n) is 2.67. The van der Waals surface area contributed by atoms with Crippen molar-refractivity contribution in [1.29, 1.82) is 0 Å². The minimum Gasteiger partial charge on any atom is -0.326 e. The van der Waals surface area contributed by atoms with E-state index < -0.39 is 0 Å². The van der Waals surface area contributed by atoms with Crippen LogP contribution in [0.2, 0.25) is 0 Å². The van der Waals surface area contributed by atoms with Crippen LogP contribution in [0.15, 0.2) is 30.3 Å². The minimum atomic E-state index is 0. The lowest BCUT2D eigenvalue weighted by Crippen LogP contribution is -1.94. The average Bonchev–Trinajstić information content (AvgIpc) is 1.90. The number of nitrogens with two attached hydrogens (primary N) is 1. The SMILES string of the molecule is C.NCc1ccccc1. The molecule has 1 aromatic rings. The molecule has 0 aliphatic rings. The fourth-order valence-corrected chi connectivity index (χ4v) is 0.614. The molecule has 0 radical (unpaired) electrons. The Morgan fingerprint density at radius 2 is 1.67 bits per heavy atom. The molecular weight excluding hydrogens is 110 g/mol. The van der Waals surface area contributed by atoms with Crippen molar-refractivity contribution in [3.63, 3.8) is 0 Å². The maximum Gasteiger partial charge on any atom is 0.0178 e. The minimum absolute atomic E-state index is 0. The van der Waals surface area contributed by atoms with Gasteiger partial charge in [0, 0.05) is 6.54 Å². The van der Waals surface area contributed by atoms with E-state index in [0.29, 0.717) is 6.54 Å². The van der Waals surface area contributed by atoms with Crippen LogP contribution < -0.4 is 5.73 Å². The zero-order valence-corrected chi connectivity index (χ0v) is 4.67. The van der Waals surface area contributed by atoms with Gasteiger partial charge in [0.2, 0.25) is 0 Å². The summed E-state index contributed by atoms with van der Waals surface area (Å²) >= 11 is 0. The lowest BCUT2D eigenvalue weighted by Gasteiger charge is -1.90. The van der Waals surface area contributed by atoms with Crippen LogP contribution in [-0.2, 0) is 6.54 Å². The Kier molecular flexibility index (Phi) is 3.72. The lowest BCUT2D eigenvalue weighted by molar-refractivity contribution is 1.07. The van der Waals surface area contributed by atoms with Crippen LogP contribution in [0.3, 0.4) is 0 Å². The monoisotopic (exact) mass is 123 g/mol. The second-order valence-corrected chi connectivity index (χ2v) is 1.69. The van der Waals surface area contributed by atoms with Crippen LogP contribution in [0.25, 0.3) is 0 Å². The molecule has 9 heavy (non-hydrogen) atoms. The summed E-state index contributed by atoms with van der Waals surface area (Å²) in [7, 11) is 0. The van der Waals surface area contributed by atoms with Gasteiger partial charge in [-0.05, 0) is 5.56 Å². The zero-order chi connectivity index (χ0) is 5.82. The quantitative estimate of drug-likeness (QED) is 0.605. The molecule has 1 aromatic carbocycles. The van der Waals surface area contributed by atoms with Gasteiger partial charge in [-0.2, -0.15) is 0 Å². The summed E-state index contributed by atoms with van der Waals surface area (Å²) in [6.07, 6.45) is 0. The van der Waals surface area contributed by atoms with E-state index in [0.717, 1.165) is 0 Å². The Morgan fingerprint density at radius 1 is 1.11 bits per heavy atom. The standard InChI is InChI=1S/C7H9N.CH4/c8-6-7-4-2-1-3-5-7;/h1-5H,6,8H2;1H4. The van der Waals surface area contributed by atoms with Gasteiger partial charge in [0.05, 0.1) is 0 Å². The molecule has 50 valence electrons. The van der Waals surface area contributed by atoms with Crippen molar-refractivity contribution in [2.75, 3.05) is 0 Å². The molecular formula is C8H13N. The summed E-state index contributed by atoms with van der Waals surface area (Å²) in [5.41, 5.74) is 6.54. The van der Waals surface area contributed by atoms with Crippen molar-refractivity contribution in [3.05, 3.63) is 35.9 Å². The largest absolute Gasteiger partial charge is 0.326 e. The first-order chi connectivity index (χ1) is 3.93. The number of hydrogen-bond donors (Lipinski definition) is 1. The molecule has 0 spiro atoms. The third-order valence-corrected chi connectivity index (χ3v) is 1.08. The zero-order valence-electron chi connectivity index (χ0n) is 4.67. The third-order valence-electron chi connectivity index (χ3n) is 1.08. The fourth-order valence-electron chi connectivity index (χ4n) is 0.614. The van der Waals surface area contributed by atoms with Crippen LogP contribution in [0.1, 0.15) is 13.0 Å². The molecule has 0 fully saturated rings. The molecule has 0 amide bonds. The highest BCUT2D eigenvalue weighted by atomic mass is 14.5. The number of rotatable bonds is 1. The molecule has 0 aromatic heterocycles. The van der Waals surface area contributed by atoms with E-state index in [1.54, 1.807) is 0 Å². The highest BCUT2D eigenvalue weighted by Gasteiger charge is 1.80. The molecule has 0 aliphatic carbocycles. The number of benzene rings is 1. The first-order valence-corrected chi connectivity index (χ1v) is 2.67.